The molecule has 3 aromatic rings. The summed E-state index contributed by atoms with van der Waals surface area (Å²) in [6.45, 7) is 5.79. The summed E-state index contributed by atoms with van der Waals surface area (Å²) in [7, 11) is 0. The Bertz CT molecular complexity index is 1080. The number of nitrogens with one attached hydrogen (secondary N) is 1. The highest BCUT2D eigenvalue weighted by molar-refractivity contribution is 6.29. The lowest BCUT2D eigenvalue weighted by atomic mass is 10.1. The first-order chi connectivity index (χ1) is 12.9. The molecular formula is C20H20ClN3O3. The molecule has 1 N–H and O–H groups in total. The van der Waals surface area contributed by atoms with Gasteiger partial charge in [-0.25, -0.2) is 9.78 Å². The van der Waals surface area contributed by atoms with Crippen LogP contribution in [0.5, 0.6) is 11.6 Å². The summed E-state index contributed by atoms with van der Waals surface area (Å²) in [5, 5.41) is 0.308. The number of H-pyrrole nitrogens is 1. The summed E-state index contributed by atoms with van der Waals surface area (Å²) in [5.74, 6) is 0.749. The number of halogens is 1. The first kappa shape index (κ1) is 18.9. The molecule has 0 saturated carbocycles. The van der Waals surface area contributed by atoms with E-state index in [1.807, 2.05) is 39.0 Å². The third-order valence-corrected chi connectivity index (χ3v) is 4.32. The van der Waals surface area contributed by atoms with E-state index in [-0.39, 0.29) is 12.4 Å². The third-order valence-electron chi connectivity index (χ3n) is 4.10. The third kappa shape index (κ3) is 4.28. The van der Waals surface area contributed by atoms with Crippen LogP contribution in [0.15, 0.2) is 46.0 Å². The predicted octanol–water partition coefficient (Wildman–Crippen LogP) is 3.60. The first-order valence-corrected chi connectivity index (χ1v) is 8.98. The van der Waals surface area contributed by atoms with Crippen LogP contribution in [0.25, 0.3) is 0 Å². The van der Waals surface area contributed by atoms with E-state index in [1.54, 1.807) is 18.2 Å². The van der Waals surface area contributed by atoms with E-state index in [4.69, 9.17) is 16.3 Å². The van der Waals surface area contributed by atoms with Crippen molar-refractivity contribution in [2.24, 2.45) is 0 Å². The molecule has 27 heavy (non-hydrogen) atoms. The van der Waals surface area contributed by atoms with E-state index >= 15 is 0 Å². The molecule has 6 nitrogen and oxygen atoms in total. The Morgan fingerprint density at radius 2 is 1.85 bits per heavy atom. The van der Waals surface area contributed by atoms with Crippen LogP contribution in [-0.2, 0) is 13.0 Å². The van der Waals surface area contributed by atoms with E-state index in [0.29, 0.717) is 28.6 Å². The van der Waals surface area contributed by atoms with Gasteiger partial charge in [0.1, 0.15) is 10.9 Å². The zero-order valence-corrected chi connectivity index (χ0v) is 16.1. The van der Waals surface area contributed by atoms with Gasteiger partial charge in [-0.15, -0.1) is 0 Å². The summed E-state index contributed by atoms with van der Waals surface area (Å²) in [4.78, 5) is 32.2. The van der Waals surface area contributed by atoms with Gasteiger partial charge in [0.25, 0.3) is 5.56 Å². The predicted molar refractivity (Wildman–Crippen MR) is 105 cm³/mol. The van der Waals surface area contributed by atoms with E-state index in [0.717, 1.165) is 15.7 Å². The number of rotatable bonds is 5. The van der Waals surface area contributed by atoms with Crippen molar-refractivity contribution in [1.29, 1.82) is 0 Å². The van der Waals surface area contributed by atoms with Gasteiger partial charge in [-0.3, -0.25) is 14.3 Å². The van der Waals surface area contributed by atoms with Crippen molar-refractivity contribution < 1.29 is 4.74 Å². The zero-order valence-electron chi connectivity index (χ0n) is 15.4. The number of aryl methyl sites for hydroxylation is 2. The fraction of sp³-hybridized carbons (Fsp3) is 0.250. The molecule has 3 rings (SSSR count). The van der Waals surface area contributed by atoms with Gasteiger partial charge < -0.3 is 4.74 Å². The highest BCUT2D eigenvalue weighted by atomic mass is 35.5. The molecule has 2 heterocycles. The molecule has 0 amide bonds. The SMILES string of the molecule is CCc1c(Oc2cc(C)cc(C)c2)[nH]c(=O)n(Cc2cccc(Cl)n2)c1=O. The molecule has 0 aliphatic heterocycles. The van der Waals surface area contributed by atoms with Gasteiger partial charge in [0.15, 0.2) is 0 Å². The second-order valence-electron chi connectivity index (χ2n) is 6.36. The van der Waals surface area contributed by atoms with Crippen LogP contribution in [-0.4, -0.2) is 14.5 Å². The fourth-order valence-corrected chi connectivity index (χ4v) is 3.13. The molecular weight excluding hydrogens is 366 g/mol. The molecule has 0 fully saturated rings. The van der Waals surface area contributed by atoms with Crippen molar-refractivity contribution in [1.82, 2.24) is 14.5 Å². The van der Waals surface area contributed by atoms with Gasteiger partial charge in [-0.05, 0) is 55.7 Å². The molecule has 0 radical (unpaired) electrons. The van der Waals surface area contributed by atoms with E-state index in [1.165, 1.54) is 0 Å². The molecule has 140 valence electrons. The first-order valence-electron chi connectivity index (χ1n) is 8.61. The van der Waals surface area contributed by atoms with Crippen molar-refractivity contribution in [2.75, 3.05) is 0 Å². The van der Waals surface area contributed by atoms with Crippen LogP contribution in [0, 0.1) is 13.8 Å². The smallest absolute Gasteiger partial charge is 0.331 e. The fourth-order valence-electron chi connectivity index (χ4n) is 2.94. The molecule has 0 aliphatic carbocycles. The molecule has 0 atom stereocenters. The lowest BCUT2D eigenvalue weighted by Crippen LogP contribution is -2.37. The van der Waals surface area contributed by atoms with E-state index in [9.17, 15) is 9.59 Å². The van der Waals surface area contributed by atoms with Gasteiger partial charge in [0, 0.05) is 0 Å². The van der Waals surface area contributed by atoms with Crippen molar-refractivity contribution >= 4 is 11.6 Å². The zero-order chi connectivity index (χ0) is 19.6. The number of pyridine rings is 1. The summed E-state index contributed by atoms with van der Waals surface area (Å²) in [6.07, 6.45) is 0.415. The Morgan fingerprint density at radius 3 is 2.48 bits per heavy atom. The summed E-state index contributed by atoms with van der Waals surface area (Å²) >= 11 is 5.89. The quantitative estimate of drug-likeness (QED) is 0.681. The van der Waals surface area contributed by atoms with Crippen LogP contribution in [0.1, 0.15) is 29.3 Å². The minimum atomic E-state index is -0.557. The van der Waals surface area contributed by atoms with E-state index in [2.05, 4.69) is 9.97 Å². The topological polar surface area (TPSA) is 77.0 Å². The van der Waals surface area contributed by atoms with Crippen molar-refractivity contribution in [3.63, 3.8) is 0 Å². The second-order valence-corrected chi connectivity index (χ2v) is 6.75. The highest BCUT2D eigenvalue weighted by Crippen LogP contribution is 2.23. The normalized spacial score (nSPS) is 10.8. The van der Waals surface area contributed by atoms with Gasteiger partial charge in [0.05, 0.1) is 17.8 Å². The Labute approximate surface area is 161 Å². The molecule has 7 heteroatoms. The van der Waals surface area contributed by atoms with Gasteiger partial charge in [-0.1, -0.05) is 30.7 Å². The number of ether oxygens (including phenoxy) is 1. The molecule has 0 unspecified atom stereocenters. The van der Waals surface area contributed by atoms with Crippen molar-refractivity contribution in [3.05, 3.63) is 84.8 Å². The van der Waals surface area contributed by atoms with Crippen LogP contribution in [0.4, 0.5) is 0 Å². The van der Waals surface area contributed by atoms with Gasteiger partial charge >= 0.3 is 5.69 Å². The summed E-state index contributed by atoms with van der Waals surface area (Å²) in [5.41, 5.74) is 2.04. The molecule has 0 aliphatic rings. The molecule has 0 spiro atoms. The number of benzene rings is 1. The number of aromatic amines is 1. The van der Waals surface area contributed by atoms with Crippen molar-refractivity contribution in [2.45, 2.75) is 33.7 Å². The average molecular weight is 386 g/mol. The lowest BCUT2D eigenvalue weighted by molar-refractivity contribution is 0.444. The Kier molecular flexibility index (Phi) is 5.46. The highest BCUT2D eigenvalue weighted by Gasteiger charge is 2.15. The Hall–Kier alpha value is -2.86. The molecule has 0 bridgehead atoms. The second kappa shape index (κ2) is 7.80. The number of nitrogens with zero attached hydrogens (tertiary/aromatic N) is 2. The van der Waals surface area contributed by atoms with Crippen LogP contribution in [0.3, 0.4) is 0 Å². The van der Waals surface area contributed by atoms with Crippen molar-refractivity contribution in [3.8, 4) is 11.6 Å². The molecule has 2 aromatic heterocycles. The molecule has 0 saturated heterocycles. The summed E-state index contributed by atoms with van der Waals surface area (Å²) < 4.78 is 6.95. The van der Waals surface area contributed by atoms with Crippen LogP contribution in [0.2, 0.25) is 5.15 Å². The standard InChI is InChI=1S/C20H20ClN3O3/c1-4-16-18(27-15-9-12(2)8-13(3)10-15)23-20(26)24(19(16)25)11-14-6-5-7-17(21)22-14/h5-10H,4,11H2,1-3H3,(H,23,26). The van der Waals surface area contributed by atoms with Crippen LogP contribution >= 0.6 is 11.6 Å². The maximum absolute atomic E-state index is 12.9. The Balaban J connectivity index is 2.02. The maximum atomic E-state index is 12.9. The molecule has 1 aromatic carbocycles. The minimum absolute atomic E-state index is 0.0333. The number of hydrogen-bond acceptors (Lipinski definition) is 4. The maximum Gasteiger partial charge on any atom is 0.331 e. The Morgan fingerprint density at radius 1 is 1.15 bits per heavy atom. The lowest BCUT2D eigenvalue weighted by Gasteiger charge is -2.13. The largest absolute Gasteiger partial charge is 0.440 e. The van der Waals surface area contributed by atoms with Gasteiger partial charge in [0.2, 0.25) is 5.88 Å². The summed E-state index contributed by atoms with van der Waals surface area (Å²) in [6, 6.07) is 10.8. The van der Waals surface area contributed by atoms with E-state index < -0.39 is 11.2 Å². The average Bonchev–Trinajstić information content (AvgIpc) is 2.58. The van der Waals surface area contributed by atoms with Crippen LogP contribution < -0.4 is 16.0 Å². The van der Waals surface area contributed by atoms with Gasteiger partial charge in [-0.2, -0.15) is 0 Å². The monoisotopic (exact) mass is 385 g/mol. The number of hydrogen-bond donors (Lipinski definition) is 1. The minimum Gasteiger partial charge on any atom is -0.440 e. The number of aromatic nitrogens is 3.